The fraction of sp³-hybridized carbons (Fsp3) is 0.185. The third kappa shape index (κ3) is 5.61. The standard InChI is InChI=1S/C27H25FN2O4/c1-18-3-11-23(12-4-18)33-16-15-30-24-17-22(10-13-25(24)34-19(2)27(30)32)29-26(31)14-7-20-5-8-21(28)9-6-20/h3-14,17,19H,15-16H2,1-2H3,(H,29,31)/b14-7+. The normalized spacial score (nSPS) is 15.1. The molecule has 1 heterocycles. The maximum Gasteiger partial charge on any atom is 0.267 e. The lowest BCUT2D eigenvalue weighted by Gasteiger charge is -2.33. The molecule has 0 bridgehead atoms. The third-order valence-electron chi connectivity index (χ3n) is 5.34. The Kier molecular flexibility index (Phi) is 6.92. The van der Waals surface area contributed by atoms with Gasteiger partial charge in [-0.15, -0.1) is 0 Å². The first-order valence-electron chi connectivity index (χ1n) is 11.0. The molecule has 0 saturated carbocycles. The lowest BCUT2D eigenvalue weighted by Crippen LogP contribution is -2.46. The van der Waals surface area contributed by atoms with E-state index in [1.165, 1.54) is 18.2 Å². The smallest absolute Gasteiger partial charge is 0.267 e. The number of benzene rings is 3. The second kappa shape index (κ2) is 10.2. The van der Waals surface area contributed by atoms with Gasteiger partial charge in [0, 0.05) is 11.8 Å². The first-order valence-corrected chi connectivity index (χ1v) is 11.0. The molecular weight excluding hydrogens is 435 g/mol. The van der Waals surface area contributed by atoms with E-state index in [0.29, 0.717) is 35.8 Å². The van der Waals surface area contributed by atoms with Gasteiger partial charge in [-0.1, -0.05) is 29.8 Å². The first kappa shape index (κ1) is 23.0. The van der Waals surface area contributed by atoms with E-state index in [0.717, 1.165) is 11.3 Å². The van der Waals surface area contributed by atoms with Gasteiger partial charge in [0.1, 0.15) is 23.9 Å². The van der Waals surface area contributed by atoms with Crippen LogP contribution < -0.4 is 19.7 Å². The van der Waals surface area contributed by atoms with E-state index in [2.05, 4.69) is 5.32 Å². The molecule has 3 aromatic rings. The Morgan fingerprint density at radius 1 is 1.12 bits per heavy atom. The van der Waals surface area contributed by atoms with Crippen LogP contribution in [0, 0.1) is 12.7 Å². The Morgan fingerprint density at radius 3 is 2.59 bits per heavy atom. The van der Waals surface area contributed by atoms with Crippen LogP contribution in [-0.2, 0) is 9.59 Å². The number of carbonyl (C=O) groups is 2. The van der Waals surface area contributed by atoms with Crippen molar-refractivity contribution >= 4 is 29.3 Å². The van der Waals surface area contributed by atoms with Crippen LogP contribution in [0.1, 0.15) is 18.1 Å². The van der Waals surface area contributed by atoms with Crippen LogP contribution in [0.3, 0.4) is 0 Å². The highest BCUT2D eigenvalue weighted by molar-refractivity contribution is 6.04. The van der Waals surface area contributed by atoms with Gasteiger partial charge in [0.2, 0.25) is 5.91 Å². The second-order valence-corrected chi connectivity index (χ2v) is 7.97. The number of nitrogens with zero attached hydrogens (tertiary/aromatic N) is 1. The molecule has 4 rings (SSSR count). The molecule has 0 fully saturated rings. The Labute approximate surface area is 197 Å². The number of ether oxygens (including phenoxy) is 2. The van der Waals surface area contributed by atoms with Gasteiger partial charge in [-0.2, -0.15) is 0 Å². The highest BCUT2D eigenvalue weighted by Crippen LogP contribution is 2.36. The summed E-state index contributed by atoms with van der Waals surface area (Å²) in [6.07, 6.45) is 2.34. The molecule has 1 unspecified atom stereocenters. The number of amides is 2. The van der Waals surface area contributed by atoms with E-state index in [1.807, 2.05) is 31.2 Å². The van der Waals surface area contributed by atoms with Crippen molar-refractivity contribution in [1.82, 2.24) is 0 Å². The maximum atomic E-state index is 13.0. The van der Waals surface area contributed by atoms with E-state index in [-0.39, 0.29) is 17.6 Å². The second-order valence-electron chi connectivity index (χ2n) is 7.97. The van der Waals surface area contributed by atoms with Crippen LogP contribution in [-0.4, -0.2) is 31.1 Å². The highest BCUT2D eigenvalue weighted by Gasteiger charge is 2.31. The zero-order valence-corrected chi connectivity index (χ0v) is 19.0. The van der Waals surface area contributed by atoms with Crippen LogP contribution in [0.5, 0.6) is 11.5 Å². The van der Waals surface area contributed by atoms with Crippen molar-refractivity contribution in [3.05, 3.63) is 89.8 Å². The summed E-state index contributed by atoms with van der Waals surface area (Å²) in [4.78, 5) is 26.8. The van der Waals surface area contributed by atoms with E-state index < -0.39 is 6.10 Å². The van der Waals surface area contributed by atoms with Crippen LogP contribution in [0.25, 0.3) is 6.08 Å². The fourth-order valence-corrected chi connectivity index (χ4v) is 3.53. The number of fused-ring (bicyclic) bond motifs is 1. The number of hydrogen-bond acceptors (Lipinski definition) is 4. The van der Waals surface area contributed by atoms with Crippen LogP contribution >= 0.6 is 0 Å². The van der Waals surface area contributed by atoms with E-state index in [4.69, 9.17) is 9.47 Å². The summed E-state index contributed by atoms with van der Waals surface area (Å²) < 4.78 is 24.6. The molecule has 6 nitrogen and oxygen atoms in total. The Hall–Kier alpha value is -4.13. The molecular formula is C27H25FN2O4. The average molecular weight is 461 g/mol. The number of hydrogen-bond donors (Lipinski definition) is 1. The van der Waals surface area contributed by atoms with Crippen molar-refractivity contribution in [3.8, 4) is 11.5 Å². The predicted octanol–water partition coefficient (Wildman–Crippen LogP) is 4.98. The third-order valence-corrected chi connectivity index (χ3v) is 5.34. The highest BCUT2D eigenvalue weighted by atomic mass is 19.1. The minimum Gasteiger partial charge on any atom is -0.492 e. The van der Waals surface area contributed by atoms with Crippen molar-refractivity contribution in [2.24, 2.45) is 0 Å². The van der Waals surface area contributed by atoms with E-state index in [1.54, 1.807) is 48.2 Å². The summed E-state index contributed by atoms with van der Waals surface area (Å²) >= 11 is 0. The molecule has 1 aliphatic rings. The molecule has 2 amide bonds. The maximum absolute atomic E-state index is 13.0. The van der Waals surface area contributed by atoms with Crippen molar-refractivity contribution in [2.45, 2.75) is 20.0 Å². The topological polar surface area (TPSA) is 67.9 Å². The van der Waals surface area contributed by atoms with E-state index in [9.17, 15) is 14.0 Å². The quantitative estimate of drug-likeness (QED) is 0.505. The molecule has 174 valence electrons. The number of carbonyl (C=O) groups excluding carboxylic acids is 2. The van der Waals surface area contributed by atoms with Gasteiger partial charge >= 0.3 is 0 Å². The van der Waals surface area contributed by atoms with Crippen molar-refractivity contribution in [1.29, 1.82) is 0 Å². The van der Waals surface area contributed by atoms with Crippen LogP contribution in [0.4, 0.5) is 15.8 Å². The van der Waals surface area contributed by atoms with Crippen molar-refractivity contribution in [2.75, 3.05) is 23.4 Å². The minimum absolute atomic E-state index is 0.181. The van der Waals surface area contributed by atoms with Gasteiger partial charge in [-0.05, 0) is 68.0 Å². The first-order chi connectivity index (χ1) is 16.4. The lowest BCUT2D eigenvalue weighted by atomic mass is 10.1. The largest absolute Gasteiger partial charge is 0.492 e. The Balaban J connectivity index is 1.45. The molecule has 1 N–H and O–H groups in total. The van der Waals surface area contributed by atoms with Crippen molar-refractivity contribution < 1.29 is 23.5 Å². The summed E-state index contributed by atoms with van der Waals surface area (Å²) in [6, 6.07) is 18.7. The summed E-state index contributed by atoms with van der Waals surface area (Å²) in [5.74, 6) is 0.418. The fourth-order valence-electron chi connectivity index (χ4n) is 3.53. The summed E-state index contributed by atoms with van der Waals surface area (Å²) in [6.45, 7) is 4.34. The van der Waals surface area contributed by atoms with E-state index >= 15 is 0 Å². The number of rotatable bonds is 7. The number of anilines is 2. The summed E-state index contributed by atoms with van der Waals surface area (Å²) in [5.41, 5.74) is 2.93. The molecule has 0 aromatic heterocycles. The molecule has 7 heteroatoms. The molecule has 1 atom stereocenters. The Morgan fingerprint density at radius 2 is 1.85 bits per heavy atom. The number of aryl methyl sites for hydroxylation is 1. The Bertz CT molecular complexity index is 1210. The zero-order valence-electron chi connectivity index (χ0n) is 19.0. The van der Waals surface area contributed by atoms with Gasteiger partial charge < -0.3 is 19.7 Å². The zero-order chi connectivity index (χ0) is 24.1. The molecule has 0 aliphatic carbocycles. The van der Waals surface area contributed by atoms with Crippen LogP contribution in [0.15, 0.2) is 72.8 Å². The van der Waals surface area contributed by atoms with Gasteiger partial charge in [-0.25, -0.2) is 4.39 Å². The van der Waals surface area contributed by atoms with Crippen molar-refractivity contribution in [3.63, 3.8) is 0 Å². The van der Waals surface area contributed by atoms with Gasteiger partial charge in [-0.3, -0.25) is 9.59 Å². The number of halogens is 1. The molecule has 3 aromatic carbocycles. The molecule has 0 spiro atoms. The SMILES string of the molecule is Cc1ccc(OCCN2C(=O)C(C)Oc3ccc(NC(=O)/C=C/c4ccc(F)cc4)cc32)cc1. The summed E-state index contributed by atoms with van der Waals surface area (Å²) in [7, 11) is 0. The minimum atomic E-state index is -0.619. The van der Waals surface area contributed by atoms with Crippen LogP contribution in [0.2, 0.25) is 0 Å². The lowest BCUT2D eigenvalue weighted by molar-refractivity contribution is -0.125. The summed E-state index contributed by atoms with van der Waals surface area (Å²) in [5, 5.41) is 2.78. The molecule has 0 radical (unpaired) electrons. The van der Waals surface area contributed by atoms with Gasteiger partial charge in [0.25, 0.3) is 5.91 Å². The monoisotopic (exact) mass is 460 g/mol. The molecule has 1 aliphatic heterocycles. The molecule has 0 saturated heterocycles. The average Bonchev–Trinajstić information content (AvgIpc) is 2.83. The molecule has 34 heavy (non-hydrogen) atoms. The number of nitrogens with one attached hydrogen (secondary N) is 1. The predicted molar refractivity (Wildman–Crippen MR) is 130 cm³/mol. The van der Waals surface area contributed by atoms with Gasteiger partial charge in [0.15, 0.2) is 6.10 Å². The van der Waals surface area contributed by atoms with Gasteiger partial charge in [0.05, 0.1) is 12.2 Å².